The lowest BCUT2D eigenvalue weighted by Gasteiger charge is -2.36. The van der Waals surface area contributed by atoms with E-state index in [0.29, 0.717) is 17.9 Å². The molecule has 1 aromatic rings. The van der Waals surface area contributed by atoms with Crippen molar-refractivity contribution in [3.05, 3.63) is 23.8 Å². The van der Waals surface area contributed by atoms with E-state index in [1.807, 2.05) is 13.0 Å². The van der Waals surface area contributed by atoms with Crippen molar-refractivity contribution in [2.75, 3.05) is 20.8 Å². The molecular weight excluding hydrogens is 362 g/mol. The number of rotatable bonds is 6. The molecule has 0 aromatic heterocycles. The highest BCUT2D eigenvalue weighted by Gasteiger charge is 2.55. The Bertz CT molecular complexity index is 781. The third-order valence-corrected chi connectivity index (χ3v) is 5.74. The van der Waals surface area contributed by atoms with E-state index in [1.54, 1.807) is 26.4 Å². The number of nitrogens with zero attached hydrogens (tertiary/aromatic N) is 1. The molecule has 0 bridgehead atoms. The molecule has 1 heterocycles. The summed E-state index contributed by atoms with van der Waals surface area (Å²) in [6.45, 7) is 1.95. The number of nitrogens with one attached hydrogen (secondary N) is 2. The van der Waals surface area contributed by atoms with Crippen LogP contribution >= 0.6 is 0 Å². The maximum Gasteiger partial charge on any atom is 0.325 e. The van der Waals surface area contributed by atoms with Crippen LogP contribution in [0.25, 0.3) is 0 Å². The average Bonchev–Trinajstić information content (AvgIpc) is 2.93. The third kappa shape index (κ3) is 3.63. The lowest BCUT2D eigenvalue weighted by Crippen LogP contribution is -2.54. The van der Waals surface area contributed by atoms with Gasteiger partial charge in [-0.1, -0.05) is 25.8 Å². The van der Waals surface area contributed by atoms with Gasteiger partial charge in [-0.25, -0.2) is 4.79 Å². The summed E-state index contributed by atoms with van der Waals surface area (Å²) in [7, 11) is 3.09. The molecule has 152 valence electrons. The van der Waals surface area contributed by atoms with Crippen molar-refractivity contribution in [1.82, 2.24) is 15.5 Å². The van der Waals surface area contributed by atoms with Crippen LogP contribution in [-0.2, 0) is 16.1 Å². The van der Waals surface area contributed by atoms with Crippen molar-refractivity contribution < 1.29 is 23.9 Å². The maximum atomic E-state index is 12.9. The topological polar surface area (TPSA) is 97.0 Å². The predicted molar refractivity (Wildman–Crippen MR) is 102 cm³/mol. The van der Waals surface area contributed by atoms with Crippen LogP contribution in [0, 0.1) is 5.92 Å². The fourth-order valence-corrected chi connectivity index (χ4v) is 4.03. The van der Waals surface area contributed by atoms with Gasteiger partial charge in [0.1, 0.15) is 12.1 Å². The molecule has 4 amide bonds. The van der Waals surface area contributed by atoms with Crippen molar-refractivity contribution in [3.63, 3.8) is 0 Å². The zero-order chi connectivity index (χ0) is 20.3. The van der Waals surface area contributed by atoms with E-state index < -0.39 is 17.5 Å². The smallest absolute Gasteiger partial charge is 0.325 e. The van der Waals surface area contributed by atoms with Gasteiger partial charge in [-0.3, -0.25) is 14.5 Å². The standard InChI is InChI=1S/C20H27N3O5/c1-13-6-4-5-9-20(13)18(25)23(19(26)22-20)12-17(24)21-11-14-7-8-15(27-2)16(10-14)28-3/h7-8,10,13H,4-6,9,11-12H2,1-3H3,(H,21,24)(H,22,26). The normalized spacial score (nSPS) is 24.2. The third-order valence-electron chi connectivity index (χ3n) is 5.74. The first-order valence-corrected chi connectivity index (χ1v) is 9.53. The second-order valence-corrected chi connectivity index (χ2v) is 7.41. The molecule has 2 N–H and O–H groups in total. The molecule has 28 heavy (non-hydrogen) atoms. The van der Waals surface area contributed by atoms with Gasteiger partial charge in [0.15, 0.2) is 11.5 Å². The Labute approximate surface area is 164 Å². The minimum absolute atomic E-state index is 0.0672. The highest BCUT2D eigenvalue weighted by Crippen LogP contribution is 2.38. The van der Waals surface area contributed by atoms with E-state index in [1.165, 1.54) is 0 Å². The Hall–Kier alpha value is -2.77. The van der Waals surface area contributed by atoms with Crippen LogP contribution in [0.1, 0.15) is 38.2 Å². The molecule has 2 aliphatic rings. The van der Waals surface area contributed by atoms with E-state index in [-0.39, 0.29) is 24.9 Å². The van der Waals surface area contributed by atoms with Crippen LogP contribution in [0.15, 0.2) is 18.2 Å². The van der Waals surface area contributed by atoms with Gasteiger partial charge >= 0.3 is 6.03 Å². The van der Waals surface area contributed by atoms with E-state index in [0.717, 1.165) is 29.7 Å². The highest BCUT2D eigenvalue weighted by atomic mass is 16.5. The lowest BCUT2D eigenvalue weighted by molar-refractivity contribution is -0.137. The van der Waals surface area contributed by atoms with Crippen LogP contribution in [0.5, 0.6) is 11.5 Å². The van der Waals surface area contributed by atoms with Crippen molar-refractivity contribution in [1.29, 1.82) is 0 Å². The molecule has 3 rings (SSSR count). The quantitative estimate of drug-likeness (QED) is 0.724. The minimum atomic E-state index is -0.848. The molecule has 8 heteroatoms. The Morgan fingerprint density at radius 1 is 1.25 bits per heavy atom. The summed E-state index contributed by atoms with van der Waals surface area (Å²) in [5.74, 6) is 0.558. The lowest BCUT2D eigenvalue weighted by atomic mass is 9.73. The molecule has 1 aliphatic carbocycles. The molecule has 1 aromatic carbocycles. The predicted octanol–water partition coefficient (Wildman–Crippen LogP) is 1.82. The summed E-state index contributed by atoms with van der Waals surface area (Å²) in [5, 5.41) is 5.60. The Kier molecular flexibility index (Phi) is 5.76. The molecule has 1 spiro atoms. The number of methoxy groups -OCH3 is 2. The number of carbonyl (C=O) groups excluding carboxylic acids is 3. The number of benzene rings is 1. The molecule has 1 aliphatic heterocycles. The second-order valence-electron chi connectivity index (χ2n) is 7.41. The molecule has 1 saturated carbocycles. The summed E-state index contributed by atoms with van der Waals surface area (Å²) in [6, 6.07) is 4.85. The summed E-state index contributed by atoms with van der Waals surface area (Å²) < 4.78 is 10.4. The summed E-state index contributed by atoms with van der Waals surface area (Å²) in [4.78, 5) is 38.6. The molecule has 1 saturated heterocycles. The van der Waals surface area contributed by atoms with E-state index in [9.17, 15) is 14.4 Å². The number of urea groups is 1. The number of hydrogen-bond donors (Lipinski definition) is 2. The molecule has 2 atom stereocenters. The van der Waals surface area contributed by atoms with Crippen molar-refractivity contribution in [3.8, 4) is 11.5 Å². The van der Waals surface area contributed by atoms with Gasteiger partial charge in [-0.05, 0) is 36.5 Å². The number of amides is 4. The van der Waals surface area contributed by atoms with Crippen LogP contribution in [-0.4, -0.2) is 49.0 Å². The first-order chi connectivity index (χ1) is 13.4. The Morgan fingerprint density at radius 3 is 2.68 bits per heavy atom. The largest absolute Gasteiger partial charge is 0.493 e. The molecular formula is C20H27N3O5. The van der Waals surface area contributed by atoms with Crippen molar-refractivity contribution in [2.45, 2.75) is 44.7 Å². The number of ether oxygens (including phenoxy) is 2. The Morgan fingerprint density at radius 2 is 2.00 bits per heavy atom. The SMILES string of the molecule is COc1ccc(CNC(=O)CN2C(=O)NC3(CCCCC3C)C2=O)cc1OC. The van der Waals surface area contributed by atoms with Gasteiger partial charge in [0.05, 0.1) is 14.2 Å². The minimum Gasteiger partial charge on any atom is -0.493 e. The van der Waals surface area contributed by atoms with Gasteiger partial charge in [0.2, 0.25) is 5.91 Å². The number of imide groups is 1. The van der Waals surface area contributed by atoms with E-state index in [4.69, 9.17) is 9.47 Å². The summed E-state index contributed by atoms with van der Waals surface area (Å²) in [5.41, 5.74) is -0.0283. The Balaban J connectivity index is 1.60. The zero-order valence-corrected chi connectivity index (χ0v) is 16.5. The van der Waals surface area contributed by atoms with Gasteiger partial charge in [-0.15, -0.1) is 0 Å². The van der Waals surface area contributed by atoms with Crippen molar-refractivity contribution >= 4 is 17.8 Å². The van der Waals surface area contributed by atoms with Crippen LogP contribution in [0.4, 0.5) is 4.79 Å². The number of carbonyl (C=O) groups is 3. The highest BCUT2D eigenvalue weighted by molar-refractivity contribution is 6.09. The molecule has 8 nitrogen and oxygen atoms in total. The van der Waals surface area contributed by atoms with Gasteiger partial charge in [0, 0.05) is 6.54 Å². The first-order valence-electron chi connectivity index (χ1n) is 9.53. The second kappa shape index (κ2) is 8.08. The van der Waals surface area contributed by atoms with Gasteiger partial charge in [0.25, 0.3) is 5.91 Å². The van der Waals surface area contributed by atoms with Gasteiger partial charge < -0.3 is 20.1 Å². The summed E-state index contributed by atoms with van der Waals surface area (Å²) >= 11 is 0. The van der Waals surface area contributed by atoms with Crippen LogP contribution in [0.2, 0.25) is 0 Å². The molecule has 2 fully saturated rings. The fraction of sp³-hybridized carbons (Fsp3) is 0.550. The number of hydrogen-bond acceptors (Lipinski definition) is 5. The average molecular weight is 389 g/mol. The van der Waals surface area contributed by atoms with Crippen molar-refractivity contribution in [2.24, 2.45) is 5.92 Å². The fourth-order valence-electron chi connectivity index (χ4n) is 4.03. The van der Waals surface area contributed by atoms with E-state index in [2.05, 4.69) is 10.6 Å². The first kappa shape index (κ1) is 20.0. The monoisotopic (exact) mass is 389 g/mol. The summed E-state index contributed by atoms with van der Waals surface area (Å²) in [6.07, 6.45) is 3.47. The van der Waals surface area contributed by atoms with Crippen LogP contribution in [0.3, 0.4) is 0 Å². The molecule has 0 radical (unpaired) electrons. The van der Waals surface area contributed by atoms with Crippen LogP contribution < -0.4 is 20.1 Å². The van der Waals surface area contributed by atoms with E-state index >= 15 is 0 Å². The maximum absolute atomic E-state index is 12.9. The van der Waals surface area contributed by atoms with Gasteiger partial charge in [-0.2, -0.15) is 0 Å². The molecule has 2 unspecified atom stereocenters. The zero-order valence-electron chi connectivity index (χ0n) is 16.5.